The number of benzene rings is 2. The predicted molar refractivity (Wildman–Crippen MR) is 90.9 cm³/mol. The second-order valence-electron chi connectivity index (χ2n) is 5.87. The van der Waals surface area contributed by atoms with E-state index in [0.29, 0.717) is 0 Å². The summed E-state index contributed by atoms with van der Waals surface area (Å²) in [5, 5.41) is 0.991. The molecule has 0 saturated heterocycles. The molecule has 2 N–H and O–H groups in total. The Morgan fingerprint density at radius 2 is 2.09 bits per heavy atom. The molecule has 2 aromatic carbocycles. The lowest BCUT2D eigenvalue weighted by Crippen LogP contribution is -2.14. The summed E-state index contributed by atoms with van der Waals surface area (Å²) in [6.07, 6.45) is 3.90. The van der Waals surface area contributed by atoms with Crippen molar-refractivity contribution in [2.24, 2.45) is 0 Å². The fourth-order valence-corrected chi connectivity index (χ4v) is 4.49. The molecule has 118 valence electrons. The molecular formula is C18H17FN2OS. The van der Waals surface area contributed by atoms with Crippen LogP contribution in [0.1, 0.15) is 31.4 Å². The van der Waals surface area contributed by atoms with Crippen LogP contribution in [0.25, 0.3) is 22.0 Å². The Labute approximate surface area is 136 Å². The first kappa shape index (κ1) is 14.6. The molecule has 0 aliphatic carbocycles. The molecule has 0 radical (unpaired) electrons. The largest absolute Gasteiger partial charge is 0.360 e. The van der Waals surface area contributed by atoms with E-state index < -0.39 is 11.0 Å². The number of halogens is 1. The number of rotatable bonds is 3. The summed E-state index contributed by atoms with van der Waals surface area (Å²) in [7, 11) is -1.12. The molecular weight excluding hydrogens is 311 g/mol. The third-order valence-corrected chi connectivity index (χ3v) is 5.64. The molecule has 0 fully saturated rings. The number of aromatic amines is 1. The van der Waals surface area contributed by atoms with Crippen LogP contribution < -0.4 is 4.72 Å². The first-order valence-corrected chi connectivity index (χ1v) is 8.91. The topological polar surface area (TPSA) is 44.9 Å². The van der Waals surface area contributed by atoms with E-state index in [1.54, 1.807) is 6.07 Å². The molecule has 0 amide bonds. The van der Waals surface area contributed by atoms with Crippen molar-refractivity contribution in [3.63, 3.8) is 0 Å². The van der Waals surface area contributed by atoms with Gasteiger partial charge in [0.2, 0.25) is 0 Å². The quantitative estimate of drug-likeness (QED) is 0.733. The van der Waals surface area contributed by atoms with Crippen molar-refractivity contribution in [3.05, 3.63) is 54.0 Å². The van der Waals surface area contributed by atoms with Gasteiger partial charge in [-0.3, -0.25) is 0 Å². The van der Waals surface area contributed by atoms with Crippen molar-refractivity contribution in [2.75, 3.05) is 0 Å². The summed E-state index contributed by atoms with van der Waals surface area (Å²) in [6, 6.07) is 10.9. The van der Waals surface area contributed by atoms with E-state index in [-0.39, 0.29) is 11.9 Å². The Balaban J connectivity index is 1.83. The molecule has 0 bridgehead atoms. The maximum atomic E-state index is 13.3. The molecule has 3 aromatic rings. The van der Waals surface area contributed by atoms with E-state index in [0.717, 1.165) is 45.3 Å². The summed E-state index contributed by atoms with van der Waals surface area (Å²) in [5.41, 5.74) is 3.99. The Kier molecular flexibility index (Phi) is 3.54. The normalized spacial score (nSPS) is 20.1. The van der Waals surface area contributed by atoms with E-state index in [4.69, 9.17) is 0 Å². The molecule has 0 saturated carbocycles. The molecule has 2 unspecified atom stereocenters. The second kappa shape index (κ2) is 5.58. The third kappa shape index (κ3) is 2.40. The number of hydrogen-bond donors (Lipinski definition) is 2. The van der Waals surface area contributed by atoms with Crippen molar-refractivity contribution in [1.82, 2.24) is 9.71 Å². The minimum absolute atomic E-state index is 0.137. The number of aromatic nitrogens is 1. The monoisotopic (exact) mass is 328 g/mol. The molecule has 1 aliphatic heterocycles. The molecule has 4 rings (SSSR count). The highest BCUT2D eigenvalue weighted by atomic mass is 32.2. The fourth-order valence-electron chi connectivity index (χ4n) is 3.25. The van der Waals surface area contributed by atoms with Crippen LogP contribution >= 0.6 is 0 Å². The second-order valence-corrected chi connectivity index (χ2v) is 7.09. The van der Waals surface area contributed by atoms with Crippen LogP contribution in [0.3, 0.4) is 0 Å². The molecule has 1 aliphatic rings. The Hall–Kier alpha value is -1.98. The summed E-state index contributed by atoms with van der Waals surface area (Å²) < 4.78 is 28.6. The number of H-pyrrole nitrogens is 1. The highest BCUT2D eigenvalue weighted by Gasteiger charge is 2.27. The molecule has 2 heterocycles. The van der Waals surface area contributed by atoms with Gasteiger partial charge in [-0.15, -0.1) is 0 Å². The number of nitrogens with one attached hydrogen (secondary N) is 2. The molecule has 3 nitrogen and oxygen atoms in total. The first-order chi connectivity index (χ1) is 11.2. The zero-order valence-corrected chi connectivity index (χ0v) is 13.5. The lowest BCUT2D eigenvalue weighted by atomic mass is 9.97. The third-order valence-electron chi connectivity index (χ3n) is 4.37. The van der Waals surface area contributed by atoms with E-state index >= 15 is 0 Å². The lowest BCUT2D eigenvalue weighted by Gasteiger charge is -2.10. The highest BCUT2D eigenvalue weighted by Crippen LogP contribution is 2.36. The van der Waals surface area contributed by atoms with E-state index in [9.17, 15) is 8.60 Å². The maximum absolute atomic E-state index is 13.3. The van der Waals surface area contributed by atoms with Crippen LogP contribution in [0.2, 0.25) is 0 Å². The number of fused-ring (bicyclic) bond motifs is 2. The van der Waals surface area contributed by atoms with Crippen molar-refractivity contribution < 1.29 is 8.60 Å². The fraction of sp³-hybridized carbons (Fsp3) is 0.222. The molecule has 1 aromatic heterocycles. The van der Waals surface area contributed by atoms with Gasteiger partial charge in [-0.2, -0.15) is 0 Å². The minimum Gasteiger partial charge on any atom is -0.360 e. The van der Waals surface area contributed by atoms with Crippen LogP contribution in [0.5, 0.6) is 0 Å². The van der Waals surface area contributed by atoms with Gasteiger partial charge in [0.05, 0.1) is 4.90 Å². The summed E-state index contributed by atoms with van der Waals surface area (Å²) in [4.78, 5) is 4.00. The van der Waals surface area contributed by atoms with Gasteiger partial charge < -0.3 is 4.98 Å². The maximum Gasteiger partial charge on any atom is 0.125 e. The van der Waals surface area contributed by atoms with Crippen LogP contribution in [0, 0.1) is 5.82 Å². The average Bonchev–Trinajstić information content (AvgIpc) is 3.09. The van der Waals surface area contributed by atoms with Crippen LogP contribution in [0.4, 0.5) is 4.39 Å². The molecule has 5 heteroatoms. The Morgan fingerprint density at radius 1 is 1.22 bits per heavy atom. The Bertz CT molecular complexity index is 919. The van der Waals surface area contributed by atoms with Gasteiger partial charge in [0.1, 0.15) is 16.8 Å². The van der Waals surface area contributed by atoms with Gasteiger partial charge >= 0.3 is 0 Å². The van der Waals surface area contributed by atoms with Crippen molar-refractivity contribution in [2.45, 2.75) is 30.7 Å². The van der Waals surface area contributed by atoms with Crippen molar-refractivity contribution in [1.29, 1.82) is 0 Å². The first-order valence-electron chi connectivity index (χ1n) is 7.76. The summed E-state index contributed by atoms with van der Waals surface area (Å²) in [6.45, 7) is 2.13. The zero-order chi connectivity index (χ0) is 16.0. The van der Waals surface area contributed by atoms with Gasteiger partial charge in [-0.25, -0.2) is 13.3 Å². The van der Waals surface area contributed by atoms with Crippen LogP contribution in [-0.2, 0) is 11.0 Å². The van der Waals surface area contributed by atoms with E-state index in [1.807, 2.05) is 18.3 Å². The van der Waals surface area contributed by atoms with Crippen molar-refractivity contribution in [3.8, 4) is 11.1 Å². The SMILES string of the molecule is CCCC1NS(=O)c2ccc(-c3c[nH]c4cc(F)ccc34)cc21. The predicted octanol–water partition coefficient (Wildman–Crippen LogP) is 4.44. The zero-order valence-electron chi connectivity index (χ0n) is 12.7. The number of hydrogen-bond acceptors (Lipinski definition) is 1. The van der Waals surface area contributed by atoms with Crippen molar-refractivity contribution >= 4 is 21.9 Å². The molecule has 2 atom stereocenters. The van der Waals surface area contributed by atoms with Gasteiger partial charge in [-0.05, 0) is 47.9 Å². The van der Waals surface area contributed by atoms with Crippen LogP contribution in [0.15, 0.2) is 47.5 Å². The Morgan fingerprint density at radius 3 is 2.91 bits per heavy atom. The highest BCUT2D eigenvalue weighted by molar-refractivity contribution is 7.83. The molecule has 0 spiro atoms. The summed E-state index contributed by atoms with van der Waals surface area (Å²) in [5.74, 6) is -0.248. The lowest BCUT2D eigenvalue weighted by molar-refractivity contribution is 0.597. The standard InChI is InChI=1S/C18H17FN2OS/c1-2-3-16-14-8-11(4-7-18(14)23(22)21-16)15-10-20-17-9-12(19)5-6-13(15)17/h4-10,16,20-21H,2-3H2,1H3. The van der Waals surface area contributed by atoms with Gasteiger partial charge in [0, 0.05) is 28.7 Å². The smallest absolute Gasteiger partial charge is 0.125 e. The van der Waals surface area contributed by atoms with Gasteiger partial charge in [0.25, 0.3) is 0 Å². The summed E-state index contributed by atoms with van der Waals surface area (Å²) >= 11 is 0. The van der Waals surface area contributed by atoms with Crippen LogP contribution in [-0.4, -0.2) is 9.19 Å². The average molecular weight is 328 g/mol. The van der Waals surface area contributed by atoms with Gasteiger partial charge in [-0.1, -0.05) is 19.4 Å². The van der Waals surface area contributed by atoms with Gasteiger partial charge in [0.15, 0.2) is 0 Å². The van der Waals surface area contributed by atoms with E-state index in [1.165, 1.54) is 12.1 Å². The minimum atomic E-state index is -1.12. The molecule has 23 heavy (non-hydrogen) atoms. The van der Waals surface area contributed by atoms with E-state index in [2.05, 4.69) is 22.7 Å².